The van der Waals surface area contributed by atoms with Crippen molar-refractivity contribution in [2.24, 2.45) is 0 Å². The van der Waals surface area contributed by atoms with Crippen molar-refractivity contribution in [2.75, 3.05) is 13.1 Å². The predicted octanol–water partition coefficient (Wildman–Crippen LogP) is 0.710. The van der Waals surface area contributed by atoms with Gasteiger partial charge in [-0.15, -0.1) is 0 Å². The Kier molecular flexibility index (Phi) is 0.845. The van der Waals surface area contributed by atoms with Crippen molar-refractivity contribution in [1.82, 2.24) is 4.90 Å². The number of hydrogen-bond donors (Lipinski definition) is 0. The molecule has 6 heavy (non-hydrogen) atoms. The molecule has 0 aromatic heterocycles. The molecule has 1 nitrogen and oxygen atoms in total. The highest BCUT2D eigenvalue weighted by Gasteiger charge is 2.25. The third-order valence-corrected chi connectivity index (χ3v) is 1.39. The predicted molar refractivity (Wildman–Crippen MR) is 26.7 cm³/mol. The minimum atomic E-state index is 0.898. The topological polar surface area (TPSA) is 3.01 Å². The lowest BCUT2D eigenvalue weighted by molar-refractivity contribution is 0.550. The molecule has 0 saturated carbocycles. The van der Waals surface area contributed by atoms with Gasteiger partial charge < -0.3 is 0 Å². The van der Waals surface area contributed by atoms with Gasteiger partial charge in [-0.25, -0.2) is 0 Å². The lowest BCUT2D eigenvalue weighted by Crippen LogP contribution is -1.95. The summed E-state index contributed by atoms with van der Waals surface area (Å²) in [5.41, 5.74) is 0. The van der Waals surface area contributed by atoms with Gasteiger partial charge in [0.1, 0.15) is 0 Å². The van der Waals surface area contributed by atoms with Crippen molar-refractivity contribution >= 4 is 0 Å². The van der Waals surface area contributed by atoms with Crippen LogP contribution in [0.1, 0.15) is 13.8 Å². The van der Waals surface area contributed by atoms with Crippen LogP contribution in [-0.4, -0.2) is 24.0 Å². The highest BCUT2D eigenvalue weighted by atomic mass is 15.3. The molecule has 1 rings (SSSR count). The standard InChI is InChI=1S/C5H11N/c1-3-6-4-5(6)2/h5H,3-4H2,1-2H3/t5-,6?/m0/s1. The first-order valence-corrected chi connectivity index (χ1v) is 2.58. The normalized spacial score (nSPS) is 43.0. The maximum Gasteiger partial charge on any atom is 0.0195 e. The molecule has 0 aromatic carbocycles. The van der Waals surface area contributed by atoms with Crippen LogP contribution in [0.2, 0.25) is 0 Å². The molecular formula is C5H11N. The van der Waals surface area contributed by atoms with E-state index in [9.17, 15) is 0 Å². The summed E-state index contributed by atoms with van der Waals surface area (Å²) in [6.45, 7) is 7.02. The molecule has 0 spiro atoms. The van der Waals surface area contributed by atoms with Crippen LogP contribution in [0.25, 0.3) is 0 Å². The van der Waals surface area contributed by atoms with Gasteiger partial charge in [-0.1, -0.05) is 6.92 Å². The van der Waals surface area contributed by atoms with Crippen molar-refractivity contribution in [3.05, 3.63) is 0 Å². The maximum absolute atomic E-state index is 2.42. The Morgan fingerprint density at radius 1 is 1.83 bits per heavy atom. The fourth-order valence-corrected chi connectivity index (χ4v) is 0.733. The van der Waals surface area contributed by atoms with Crippen molar-refractivity contribution < 1.29 is 0 Å². The first-order valence-electron chi connectivity index (χ1n) is 2.58. The minimum absolute atomic E-state index is 0.898. The zero-order valence-corrected chi connectivity index (χ0v) is 4.44. The molecule has 36 valence electrons. The Morgan fingerprint density at radius 2 is 2.33 bits per heavy atom. The summed E-state index contributed by atoms with van der Waals surface area (Å²) in [7, 11) is 0. The first kappa shape index (κ1) is 4.13. The molecule has 0 radical (unpaired) electrons. The highest BCUT2D eigenvalue weighted by Crippen LogP contribution is 2.13. The Balaban J connectivity index is 2.09. The molecule has 1 unspecified atom stereocenters. The second-order valence-corrected chi connectivity index (χ2v) is 1.94. The summed E-state index contributed by atoms with van der Waals surface area (Å²) in [5.74, 6) is 0. The number of nitrogens with zero attached hydrogens (tertiary/aromatic N) is 1. The van der Waals surface area contributed by atoms with Gasteiger partial charge in [0.25, 0.3) is 0 Å². The van der Waals surface area contributed by atoms with Gasteiger partial charge in [-0.3, -0.25) is 4.90 Å². The van der Waals surface area contributed by atoms with E-state index in [1.807, 2.05) is 0 Å². The van der Waals surface area contributed by atoms with Crippen LogP contribution in [0.4, 0.5) is 0 Å². The van der Waals surface area contributed by atoms with E-state index < -0.39 is 0 Å². The second kappa shape index (κ2) is 1.23. The van der Waals surface area contributed by atoms with E-state index in [0.29, 0.717) is 0 Å². The van der Waals surface area contributed by atoms with Crippen molar-refractivity contribution in [1.29, 1.82) is 0 Å². The second-order valence-electron chi connectivity index (χ2n) is 1.94. The summed E-state index contributed by atoms with van der Waals surface area (Å²) >= 11 is 0. The molecule has 0 N–H and O–H groups in total. The zero-order chi connectivity index (χ0) is 4.57. The monoisotopic (exact) mass is 85.1 g/mol. The molecule has 1 aliphatic heterocycles. The van der Waals surface area contributed by atoms with E-state index in [0.717, 1.165) is 6.04 Å². The van der Waals surface area contributed by atoms with Gasteiger partial charge in [0.2, 0.25) is 0 Å². The van der Waals surface area contributed by atoms with Gasteiger partial charge in [0.05, 0.1) is 0 Å². The molecule has 0 bridgehead atoms. The molecule has 0 aliphatic carbocycles. The Morgan fingerprint density at radius 3 is 2.33 bits per heavy atom. The molecule has 0 aromatic rings. The minimum Gasteiger partial charge on any atom is -0.298 e. The van der Waals surface area contributed by atoms with Crippen LogP contribution in [0.5, 0.6) is 0 Å². The molecule has 1 saturated heterocycles. The van der Waals surface area contributed by atoms with Gasteiger partial charge in [-0.2, -0.15) is 0 Å². The Hall–Kier alpha value is -0.0400. The number of rotatable bonds is 1. The molecule has 2 atom stereocenters. The Labute approximate surface area is 39.0 Å². The fourth-order valence-electron chi connectivity index (χ4n) is 0.733. The molecule has 0 amide bonds. The Bertz CT molecular complexity index is 49.9. The van der Waals surface area contributed by atoms with Crippen LogP contribution < -0.4 is 0 Å². The zero-order valence-electron chi connectivity index (χ0n) is 4.44. The van der Waals surface area contributed by atoms with Gasteiger partial charge >= 0.3 is 0 Å². The summed E-state index contributed by atoms with van der Waals surface area (Å²) in [5, 5.41) is 0. The maximum atomic E-state index is 2.42. The highest BCUT2D eigenvalue weighted by molar-refractivity contribution is 4.82. The summed E-state index contributed by atoms with van der Waals surface area (Å²) < 4.78 is 0. The van der Waals surface area contributed by atoms with Gasteiger partial charge in [0.15, 0.2) is 0 Å². The van der Waals surface area contributed by atoms with E-state index in [1.54, 1.807) is 0 Å². The largest absolute Gasteiger partial charge is 0.298 e. The van der Waals surface area contributed by atoms with E-state index in [1.165, 1.54) is 13.1 Å². The van der Waals surface area contributed by atoms with E-state index in [4.69, 9.17) is 0 Å². The van der Waals surface area contributed by atoms with Gasteiger partial charge in [0, 0.05) is 12.6 Å². The quantitative estimate of drug-likeness (QED) is 0.424. The van der Waals surface area contributed by atoms with Crippen molar-refractivity contribution in [2.45, 2.75) is 19.9 Å². The molecule has 1 aliphatic rings. The smallest absolute Gasteiger partial charge is 0.0195 e. The van der Waals surface area contributed by atoms with Crippen LogP contribution in [0.3, 0.4) is 0 Å². The lowest BCUT2D eigenvalue weighted by Gasteiger charge is -1.87. The lowest BCUT2D eigenvalue weighted by atomic mass is 10.6. The molecular weight excluding hydrogens is 74.1 g/mol. The SMILES string of the molecule is CCN1C[C@@H]1C. The fraction of sp³-hybridized carbons (Fsp3) is 1.00. The van der Waals surface area contributed by atoms with Crippen molar-refractivity contribution in [3.8, 4) is 0 Å². The van der Waals surface area contributed by atoms with Crippen LogP contribution in [0.15, 0.2) is 0 Å². The average Bonchev–Trinajstić information content (AvgIpc) is 2.19. The van der Waals surface area contributed by atoms with Crippen LogP contribution in [-0.2, 0) is 0 Å². The summed E-state index contributed by atoms with van der Waals surface area (Å²) in [6.07, 6.45) is 0. The van der Waals surface area contributed by atoms with E-state index >= 15 is 0 Å². The van der Waals surface area contributed by atoms with Crippen LogP contribution >= 0.6 is 0 Å². The molecule has 1 heterocycles. The van der Waals surface area contributed by atoms with E-state index in [2.05, 4.69) is 18.7 Å². The average molecular weight is 85.1 g/mol. The third-order valence-electron chi connectivity index (χ3n) is 1.39. The number of likely N-dealkylation sites (N-methyl/N-ethyl adjacent to an activating group) is 1. The van der Waals surface area contributed by atoms with E-state index in [-0.39, 0.29) is 0 Å². The number of hydrogen-bond acceptors (Lipinski definition) is 1. The molecule has 1 heteroatoms. The molecule has 1 fully saturated rings. The summed E-state index contributed by atoms with van der Waals surface area (Å²) in [4.78, 5) is 2.42. The van der Waals surface area contributed by atoms with Gasteiger partial charge in [-0.05, 0) is 13.5 Å². The third kappa shape index (κ3) is 0.548. The first-order chi connectivity index (χ1) is 2.84. The summed E-state index contributed by atoms with van der Waals surface area (Å²) in [6, 6.07) is 0.898. The van der Waals surface area contributed by atoms with Crippen LogP contribution in [0, 0.1) is 0 Å². The van der Waals surface area contributed by atoms with Crippen molar-refractivity contribution in [3.63, 3.8) is 0 Å².